The SMILES string of the molecule is N#Cc1ccc(-c2ccc3c(c2)OCO3)nc1Cl. The molecule has 0 N–H and O–H groups in total. The Labute approximate surface area is 108 Å². The summed E-state index contributed by atoms with van der Waals surface area (Å²) >= 11 is 5.91. The molecule has 5 heteroatoms. The molecule has 1 aromatic carbocycles. The number of hydrogen-bond acceptors (Lipinski definition) is 4. The van der Waals surface area contributed by atoms with Crippen LogP contribution in [0.2, 0.25) is 5.15 Å². The van der Waals surface area contributed by atoms with Crippen molar-refractivity contribution in [1.29, 1.82) is 5.26 Å². The van der Waals surface area contributed by atoms with Crippen LogP contribution in [0.3, 0.4) is 0 Å². The summed E-state index contributed by atoms with van der Waals surface area (Å²) in [5, 5.41) is 9.00. The maximum Gasteiger partial charge on any atom is 0.231 e. The third-order valence-corrected chi connectivity index (χ3v) is 2.93. The first kappa shape index (κ1) is 10.9. The van der Waals surface area contributed by atoms with Crippen molar-refractivity contribution in [3.8, 4) is 28.8 Å². The molecule has 1 aliphatic rings. The lowest BCUT2D eigenvalue weighted by atomic mass is 10.1. The second-order valence-electron chi connectivity index (χ2n) is 3.71. The van der Waals surface area contributed by atoms with Crippen LogP contribution < -0.4 is 9.47 Å². The number of fused-ring (bicyclic) bond motifs is 1. The minimum atomic E-state index is 0.202. The molecule has 0 spiro atoms. The summed E-state index contributed by atoms with van der Waals surface area (Å²) in [6.07, 6.45) is 0. The summed E-state index contributed by atoms with van der Waals surface area (Å²) in [4.78, 5) is 4.19. The molecule has 0 fully saturated rings. The largest absolute Gasteiger partial charge is 0.454 e. The number of nitriles is 1. The normalized spacial score (nSPS) is 12.2. The zero-order chi connectivity index (χ0) is 12.5. The zero-order valence-electron chi connectivity index (χ0n) is 9.18. The van der Waals surface area contributed by atoms with Crippen molar-refractivity contribution in [1.82, 2.24) is 4.98 Å². The maximum absolute atomic E-state index is 8.80. The van der Waals surface area contributed by atoms with E-state index in [0.717, 1.165) is 11.3 Å². The van der Waals surface area contributed by atoms with E-state index in [-0.39, 0.29) is 11.9 Å². The van der Waals surface area contributed by atoms with Crippen molar-refractivity contribution in [3.63, 3.8) is 0 Å². The van der Waals surface area contributed by atoms with Crippen molar-refractivity contribution in [2.24, 2.45) is 0 Å². The predicted octanol–water partition coefficient (Wildman–Crippen LogP) is 3.00. The van der Waals surface area contributed by atoms with Crippen LogP contribution in [-0.2, 0) is 0 Å². The fraction of sp³-hybridized carbons (Fsp3) is 0.0769. The number of nitrogens with zero attached hydrogens (tertiary/aromatic N) is 2. The van der Waals surface area contributed by atoms with E-state index in [1.54, 1.807) is 12.1 Å². The van der Waals surface area contributed by atoms with Crippen LogP contribution in [0, 0.1) is 11.3 Å². The highest BCUT2D eigenvalue weighted by Crippen LogP contribution is 2.35. The number of rotatable bonds is 1. The molecule has 0 saturated carbocycles. The van der Waals surface area contributed by atoms with Crippen molar-refractivity contribution in [2.45, 2.75) is 0 Å². The molecular formula is C13H7ClN2O2. The fourth-order valence-electron chi connectivity index (χ4n) is 1.73. The monoisotopic (exact) mass is 258 g/mol. The van der Waals surface area contributed by atoms with Crippen LogP contribution in [-0.4, -0.2) is 11.8 Å². The average molecular weight is 259 g/mol. The summed E-state index contributed by atoms with van der Waals surface area (Å²) in [6, 6.07) is 10.9. The Hall–Kier alpha value is -2.25. The lowest BCUT2D eigenvalue weighted by molar-refractivity contribution is 0.174. The van der Waals surface area contributed by atoms with E-state index >= 15 is 0 Å². The quantitative estimate of drug-likeness (QED) is 0.738. The van der Waals surface area contributed by atoms with Gasteiger partial charge in [-0.25, -0.2) is 4.98 Å². The molecule has 2 aromatic rings. The van der Waals surface area contributed by atoms with Crippen LogP contribution >= 0.6 is 11.6 Å². The molecule has 1 aromatic heterocycles. The highest BCUT2D eigenvalue weighted by Gasteiger charge is 2.14. The molecule has 2 heterocycles. The molecule has 1 aliphatic heterocycles. The first-order valence-corrected chi connectivity index (χ1v) is 5.62. The van der Waals surface area contributed by atoms with E-state index < -0.39 is 0 Å². The number of ether oxygens (including phenoxy) is 2. The first-order valence-electron chi connectivity index (χ1n) is 5.24. The molecule has 0 amide bonds. The molecule has 0 bridgehead atoms. The van der Waals surface area contributed by atoms with Gasteiger partial charge in [-0.2, -0.15) is 5.26 Å². The third kappa shape index (κ3) is 1.75. The Balaban J connectivity index is 2.05. The lowest BCUT2D eigenvalue weighted by Gasteiger charge is -2.03. The number of benzene rings is 1. The van der Waals surface area contributed by atoms with Gasteiger partial charge in [-0.3, -0.25) is 0 Å². The smallest absolute Gasteiger partial charge is 0.231 e. The van der Waals surface area contributed by atoms with Gasteiger partial charge in [-0.05, 0) is 30.3 Å². The summed E-state index contributed by atoms with van der Waals surface area (Å²) in [7, 11) is 0. The molecular weight excluding hydrogens is 252 g/mol. The van der Waals surface area contributed by atoms with E-state index in [1.807, 2.05) is 24.3 Å². The van der Waals surface area contributed by atoms with Crippen molar-refractivity contribution >= 4 is 11.6 Å². The van der Waals surface area contributed by atoms with Crippen molar-refractivity contribution in [3.05, 3.63) is 41.0 Å². The summed E-state index contributed by atoms with van der Waals surface area (Å²) in [6.45, 7) is 0.236. The number of hydrogen-bond donors (Lipinski definition) is 0. The van der Waals surface area contributed by atoms with Gasteiger partial charge in [0.2, 0.25) is 6.79 Å². The standard InChI is InChI=1S/C13H7ClN2O2/c14-13-9(6-15)1-3-10(16-13)8-2-4-11-12(5-8)18-7-17-11/h1-5H,7H2. The van der Waals surface area contributed by atoms with Crippen LogP contribution in [0.4, 0.5) is 0 Å². The van der Waals surface area contributed by atoms with Crippen LogP contribution in [0.1, 0.15) is 5.56 Å². The molecule has 3 rings (SSSR count). The summed E-state index contributed by atoms with van der Waals surface area (Å²) < 4.78 is 10.5. The first-order chi connectivity index (χ1) is 8.78. The van der Waals surface area contributed by atoms with Gasteiger partial charge in [0.05, 0.1) is 11.3 Å². The van der Waals surface area contributed by atoms with E-state index in [0.29, 0.717) is 17.0 Å². The van der Waals surface area contributed by atoms with Crippen LogP contribution in [0.25, 0.3) is 11.3 Å². The number of pyridine rings is 1. The summed E-state index contributed by atoms with van der Waals surface area (Å²) in [5.41, 5.74) is 1.92. The molecule has 0 atom stereocenters. The minimum Gasteiger partial charge on any atom is -0.454 e. The van der Waals surface area contributed by atoms with Gasteiger partial charge in [0.15, 0.2) is 11.5 Å². The van der Waals surface area contributed by atoms with E-state index in [9.17, 15) is 0 Å². The molecule has 4 nitrogen and oxygen atoms in total. The molecule has 0 aliphatic carbocycles. The molecule has 88 valence electrons. The van der Waals surface area contributed by atoms with E-state index in [2.05, 4.69) is 4.98 Å². The highest BCUT2D eigenvalue weighted by atomic mass is 35.5. The van der Waals surface area contributed by atoms with Gasteiger partial charge in [0, 0.05) is 5.56 Å². The maximum atomic E-state index is 8.80. The predicted molar refractivity (Wildman–Crippen MR) is 65.5 cm³/mol. The van der Waals surface area contributed by atoms with Crippen molar-refractivity contribution < 1.29 is 9.47 Å². The lowest BCUT2D eigenvalue weighted by Crippen LogP contribution is -1.92. The van der Waals surface area contributed by atoms with Gasteiger partial charge in [-0.15, -0.1) is 0 Å². The highest BCUT2D eigenvalue weighted by molar-refractivity contribution is 6.30. The molecule has 0 saturated heterocycles. The Morgan fingerprint density at radius 2 is 2.00 bits per heavy atom. The Morgan fingerprint density at radius 3 is 2.78 bits per heavy atom. The molecule has 0 unspecified atom stereocenters. The zero-order valence-corrected chi connectivity index (χ0v) is 9.94. The van der Waals surface area contributed by atoms with E-state index in [1.165, 1.54) is 0 Å². The molecule has 0 radical (unpaired) electrons. The topological polar surface area (TPSA) is 55.1 Å². The third-order valence-electron chi connectivity index (χ3n) is 2.64. The fourth-order valence-corrected chi connectivity index (χ4v) is 1.93. The second-order valence-corrected chi connectivity index (χ2v) is 4.07. The average Bonchev–Trinajstić information content (AvgIpc) is 2.85. The number of aromatic nitrogens is 1. The van der Waals surface area contributed by atoms with Gasteiger partial charge < -0.3 is 9.47 Å². The van der Waals surface area contributed by atoms with Crippen LogP contribution in [0.5, 0.6) is 11.5 Å². The number of halogens is 1. The second kappa shape index (κ2) is 4.21. The van der Waals surface area contributed by atoms with Gasteiger partial charge in [0.1, 0.15) is 11.2 Å². The van der Waals surface area contributed by atoms with Gasteiger partial charge in [0.25, 0.3) is 0 Å². The summed E-state index contributed by atoms with van der Waals surface area (Å²) in [5.74, 6) is 1.41. The minimum absolute atomic E-state index is 0.202. The Kier molecular flexibility index (Phi) is 2.54. The Morgan fingerprint density at radius 1 is 1.17 bits per heavy atom. The van der Waals surface area contributed by atoms with Crippen LogP contribution in [0.15, 0.2) is 30.3 Å². The van der Waals surface area contributed by atoms with Gasteiger partial charge in [-0.1, -0.05) is 11.6 Å². The van der Waals surface area contributed by atoms with E-state index in [4.69, 9.17) is 26.3 Å². The van der Waals surface area contributed by atoms with Gasteiger partial charge >= 0.3 is 0 Å². The van der Waals surface area contributed by atoms with Crippen molar-refractivity contribution in [2.75, 3.05) is 6.79 Å². The molecule has 18 heavy (non-hydrogen) atoms. The Bertz CT molecular complexity index is 656.